The number of methoxy groups -OCH3 is 2. The predicted octanol–water partition coefficient (Wildman–Crippen LogP) is 3.47. The smallest absolute Gasteiger partial charge is 0.255 e. The first-order valence-corrected chi connectivity index (χ1v) is 8.20. The van der Waals surface area contributed by atoms with Crippen LogP contribution in [0.2, 0.25) is 0 Å². The number of aromatic amines is 1. The lowest BCUT2D eigenvalue weighted by atomic mass is 10.1. The number of ether oxygens (including phenoxy) is 2. The topological polar surface area (TPSA) is 63.3 Å². The molecule has 1 aromatic heterocycles. The summed E-state index contributed by atoms with van der Waals surface area (Å²) in [6.45, 7) is 2.45. The molecule has 0 aliphatic heterocycles. The average molecular weight is 338 g/mol. The summed E-state index contributed by atoms with van der Waals surface area (Å²) in [7, 11) is 3.23. The minimum Gasteiger partial charge on any atom is -0.497 e. The summed E-state index contributed by atoms with van der Waals surface area (Å²) < 4.78 is 10.6. The maximum atomic E-state index is 12.5. The molecule has 1 amide bonds. The number of fused-ring (bicyclic) bond motifs is 1. The molecular weight excluding hydrogens is 316 g/mol. The van der Waals surface area contributed by atoms with Crippen LogP contribution >= 0.6 is 0 Å². The molecule has 1 heterocycles. The van der Waals surface area contributed by atoms with E-state index in [0.29, 0.717) is 17.9 Å². The Morgan fingerprint density at radius 3 is 2.76 bits per heavy atom. The Hall–Kier alpha value is -2.95. The van der Waals surface area contributed by atoms with Crippen molar-refractivity contribution in [3.63, 3.8) is 0 Å². The molecule has 5 heteroatoms. The highest BCUT2D eigenvalue weighted by molar-refractivity contribution is 5.98. The SMILES string of the molecule is COc1ccc2[nH]cc(CCNC(=O)c3c(C)cccc3OC)c2c1. The standard InChI is InChI=1S/C20H22N2O3/c1-13-5-4-6-18(25-3)19(13)20(23)21-10-9-14-12-22-17-8-7-15(24-2)11-16(14)17/h4-8,11-12,22H,9-10H2,1-3H3,(H,21,23). The zero-order valence-electron chi connectivity index (χ0n) is 14.7. The number of benzene rings is 2. The van der Waals surface area contributed by atoms with Crippen LogP contribution in [-0.4, -0.2) is 31.7 Å². The molecule has 0 unspecified atom stereocenters. The molecule has 0 aliphatic carbocycles. The molecule has 0 atom stereocenters. The lowest BCUT2D eigenvalue weighted by Crippen LogP contribution is -2.26. The van der Waals surface area contributed by atoms with Crippen LogP contribution in [0, 0.1) is 6.92 Å². The van der Waals surface area contributed by atoms with Crippen molar-refractivity contribution in [2.75, 3.05) is 20.8 Å². The fraction of sp³-hybridized carbons (Fsp3) is 0.250. The Bertz CT molecular complexity index is 899. The molecule has 3 rings (SSSR count). The summed E-state index contributed by atoms with van der Waals surface area (Å²) in [4.78, 5) is 15.8. The number of carbonyl (C=O) groups excluding carboxylic acids is 1. The quantitative estimate of drug-likeness (QED) is 0.723. The first kappa shape index (κ1) is 16.9. The first-order valence-electron chi connectivity index (χ1n) is 8.20. The zero-order valence-corrected chi connectivity index (χ0v) is 14.7. The summed E-state index contributed by atoms with van der Waals surface area (Å²) in [5.41, 5.74) is 3.69. The monoisotopic (exact) mass is 338 g/mol. The fourth-order valence-corrected chi connectivity index (χ4v) is 2.99. The van der Waals surface area contributed by atoms with Gasteiger partial charge in [-0.2, -0.15) is 0 Å². The van der Waals surface area contributed by atoms with E-state index in [2.05, 4.69) is 10.3 Å². The third-order valence-electron chi connectivity index (χ3n) is 4.34. The zero-order chi connectivity index (χ0) is 17.8. The van der Waals surface area contributed by atoms with Crippen molar-refractivity contribution in [3.8, 4) is 11.5 Å². The largest absolute Gasteiger partial charge is 0.497 e. The number of nitrogens with one attached hydrogen (secondary N) is 2. The van der Waals surface area contributed by atoms with E-state index < -0.39 is 0 Å². The Labute approximate surface area is 147 Å². The molecule has 0 bridgehead atoms. The normalized spacial score (nSPS) is 10.7. The van der Waals surface area contributed by atoms with Gasteiger partial charge < -0.3 is 19.8 Å². The maximum absolute atomic E-state index is 12.5. The van der Waals surface area contributed by atoms with E-state index >= 15 is 0 Å². The number of aryl methyl sites for hydroxylation is 1. The molecule has 5 nitrogen and oxygen atoms in total. The van der Waals surface area contributed by atoms with Crippen molar-refractivity contribution in [1.29, 1.82) is 0 Å². The van der Waals surface area contributed by atoms with E-state index in [0.717, 1.165) is 34.2 Å². The Morgan fingerprint density at radius 2 is 2.00 bits per heavy atom. The highest BCUT2D eigenvalue weighted by Gasteiger charge is 2.14. The van der Waals surface area contributed by atoms with Gasteiger partial charge in [-0.15, -0.1) is 0 Å². The fourth-order valence-electron chi connectivity index (χ4n) is 2.99. The Kier molecular flexibility index (Phi) is 4.93. The van der Waals surface area contributed by atoms with E-state index in [1.54, 1.807) is 20.3 Å². The van der Waals surface area contributed by atoms with E-state index in [-0.39, 0.29) is 5.91 Å². The van der Waals surface area contributed by atoms with E-state index in [1.165, 1.54) is 0 Å². The number of carbonyl (C=O) groups is 1. The van der Waals surface area contributed by atoms with Crippen molar-refractivity contribution < 1.29 is 14.3 Å². The maximum Gasteiger partial charge on any atom is 0.255 e. The van der Waals surface area contributed by atoms with Gasteiger partial charge in [0.15, 0.2) is 0 Å². The molecule has 3 aromatic rings. The third kappa shape index (κ3) is 3.45. The molecule has 0 saturated carbocycles. The lowest BCUT2D eigenvalue weighted by molar-refractivity contribution is 0.0950. The second kappa shape index (κ2) is 7.30. The Balaban J connectivity index is 1.70. The Morgan fingerprint density at radius 1 is 1.16 bits per heavy atom. The summed E-state index contributed by atoms with van der Waals surface area (Å²) in [6, 6.07) is 11.5. The highest BCUT2D eigenvalue weighted by Crippen LogP contribution is 2.24. The third-order valence-corrected chi connectivity index (χ3v) is 4.34. The number of hydrogen-bond donors (Lipinski definition) is 2. The van der Waals surface area contributed by atoms with Crippen LogP contribution in [0.1, 0.15) is 21.5 Å². The number of amides is 1. The number of aromatic nitrogens is 1. The van der Waals surface area contributed by atoms with Crippen LogP contribution in [0.4, 0.5) is 0 Å². The summed E-state index contributed by atoms with van der Waals surface area (Å²) in [5, 5.41) is 4.10. The van der Waals surface area contributed by atoms with Gasteiger partial charge in [0.25, 0.3) is 5.91 Å². The van der Waals surface area contributed by atoms with Crippen molar-refractivity contribution in [1.82, 2.24) is 10.3 Å². The molecule has 0 radical (unpaired) electrons. The lowest BCUT2D eigenvalue weighted by Gasteiger charge is -2.11. The van der Waals surface area contributed by atoms with Gasteiger partial charge in [0.2, 0.25) is 0 Å². The van der Waals surface area contributed by atoms with Crippen molar-refractivity contribution in [2.24, 2.45) is 0 Å². The average Bonchev–Trinajstić information content (AvgIpc) is 3.03. The van der Waals surface area contributed by atoms with Gasteiger partial charge in [-0.3, -0.25) is 4.79 Å². The van der Waals surface area contributed by atoms with Crippen LogP contribution in [0.15, 0.2) is 42.6 Å². The predicted molar refractivity (Wildman–Crippen MR) is 98.6 cm³/mol. The van der Waals surface area contributed by atoms with Crippen LogP contribution in [0.3, 0.4) is 0 Å². The molecule has 0 spiro atoms. The molecule has 2 N–H and O–H groups in total. The van der Waals surface area contributed by atoms with Crippen molar-refractivity contribution in [2.45, 2.75) is 13.3 Å². The van der Waals surface area contributed by atoms with Gasteiger partial charge in [0, 0.05) is 23.6 Å². The molecular formula is C20H22N2O3. The van der Waals surface area contributed by atoms with Crippen LogP contribution in [0.5, 0.6) is 11.5 Å². The molecule has 0 aliphatic rings. The van der Waals surface area contributed by atoms with Crippen molar-refractivity contribution in [3.05, 3.63) is 59.3 Å². The van der Waals surface area contributed by atoms with Crippen LogP contribution in [-0.2, 0) is 6.42 Å². The molecule has 0 fully saturated rings. The van der Waals surface area contributed by atoms with Gasteiger partial charge in [-0.25, -0.2) is 0 Å². The summed E-state index contributed by atoms with van der Waals surface area (Å²) in [6.07, 6.45) is 2.71. The highest BCUT2D eigenvalue weighted by atomic mass is 16.5. The number of H-pyrrole nitrogens is 1. The van der Waals surface area contributed by atoms with E-state index in [9.17, 15) is 4.79 Å². The molecule has 2 aromatic carbocycles. The van der Waals surface area contributed by atoms with Gasteiger partial charge in [0.05, 0.1) is 19.8 Å². The van der Waals surface area contributed by atoms with Gasteiger partial charge in [-0.1, -0.05) is 12.1 Å². The van der Waals surface area contributed by atoms with E-state index in [1.807, 2.05) is 43.5 Å². The van der Waals surface area contributed by atoms with Gasteiger partial charge in [0.1, 0.15) is 11.5 Å². The number of hydrogen-bond acceptors (Lipinski definition) is 3. The minimum atomic E-state index is -0.118. The second-order valence-electron chi connectivity index (χ2n) is 5.88. The molecule has 0 saturated heterocycles. The van der Waals surface area contributed by atoms with Crippen LogP contribution < -0.4 is 14.8 Å². The molecule has 25 heavy (non-hydrogen) atoms. The van der Waals surface area contributed by atoms with Crippen molar-refractivity contribution >= 4 is 16.8 Å². The summed E-state index contributed by atoms with van der Waals surface area (Å²) >= 11 is 0. The second-order valence-corrected chi connectivity index (χ2v) is 5.88. The van der Waals surface area contributed by atoms with E-state index in [4.69, 9.17) is 9.47 Å². The minimum absolute atomic E-state index is 0.118. The van der Waals surface area contributed by atoms with Gasteiger partial charge in [-0.05, 0) is 48.7 Å². The number of rotatable bonds is 6. The first-order chi connectivity index (χ1) is 12.1. The molecule has 130 valence electrons. The van der Waals surface area contributed by atoms with Crippen LogP contribution in [0.25, 0.3) is 10.9 Å². The summed E-state index contributed by atoms with van der Waals surface area (Å²) in [5.74, 6) is 1.30. The van der Waals surface area contributed by atoms with Gasteiger partial charge >= 0.3 is 0 Å².